The molecule has 2 aromatic carbocycles. The maximum Gasteiger partial charge on any atom is 0.119 e. The summed E-state index contributed by atoms with van der Waals surface area (Å²) in [6.07, 6.45) is 0. The summed E-state index contributed by atoms with van der Waals surface area (Å²) in [4.78, 5) is 0. The molecule has 2 rings (SSSR count). The van der Waals surface area contributed by atoms with Crippen LogP contribution in [0.3, 0.4) is 0 Å². The van der Waals surface area contributed by atoms with E-state index in [4.69, 9.17) is 10.00 Å². The van der Waals surface area contributed by atoms with Gasteiger partial charge in [0.05, 0.1) is 12.7 Å². The molecule has 74 valence electrons. The minimum atomic E-state index is 0.646. The fraction of sp³-hybridized carbons (Fsp3) is 0.0833. The van der Waals surface area contributed by atoms with Crippen LogP contribution in [0.4, 0.5) is 0 Å². The maximum absolute atomic E-state index is 8.87. The Labute approximate surface area is 96.2 Å². The molecule has 0 amide bonds. The molecule has 0 atom stereocenters. The first-order valence-corrected chi connectivity index (χ1v) is 5.22. The molecule has 0 N–H and O–H groups in total. The molecular formula is C12H8BrNO. The van der Waals surface area contributed by atoms with E-state index in [0.29, 0.717) is 5.56 Å². The van der Waals surface area contributed by atoms with Gasteiger partial charge in [-0.2, -0.15) is 5.26 Å². The molecule has 2 nitrogen and oxygen atoms in total. The first-order valence-electron chi connectivity index (χ1n) is 4.42. The van der Waals surface area contributed by atoms with Gasteiger partial charge in [-0.1, -0.05) is 6.07 Å². The van der Waals surface area contributed by atoms with E-state index < -0.39 is 0 Å². The Hall–Kier alpha value is -1.53. The molecule has 0 bridgehead atoms. The molecule has 3 heteroatoms. The minimum absolute atomic E-state index is 0.646. The normalized spacial score (nSPS) is 9.93. The van der Waals surface area contributed by atoms with Crippen LogP contribution in [0.25, 0.3) is 10.8 Å². The van der Waals surface area contributed by atoms with E-state index in [0.717, 1.165) is 21.0 Å². The van der Waals surface area contributed by atoms with Gasteiger partial charge in [0.25, 0.3) is 0 Å². The predicted molar refractivity (Wildman–Crippen MR) is 62.9 cm³/mol. The standard InChI is InChI=1S/C12H8BrNO/c1-15-10-4-5-11-8(6-10)2-3-9(7-14)12(11)13/h2-6H,1H3. The van der Waals surface area contributed by atoms with Gasteiger partial charge < -0.3 is 4.74 Å². The molecule has 0 spiro atoms. The van der Waals surface area contributed by atoms with Gasteiger partial charge in [-0.25, -0.2) is 0 Å². The predicted octanol–water partition coefficient (Wildman–Crippen LogP) is 3.48. The quantitative estimate of drug-likeness (QED) is 0.788. The van der Waals surface area contributed by atoms with Crippen molar-refractivity contribution in [2.75, 3.05) is 7.11 Å². The van der Waals surface area contributed by atoms with Crippen molar-refractivity contribution in [2.24, 2.45) is 0 Å². The average Bonchev–Trinajstić information content (AvgIpc) is 2.29. The summed E-state index contributed by atoms with van der Waals surface area (Å²) < 4.78 is 5.98. The Morgan fingerprint density at radius 2 is 2.07 bits per heavy atom. The third kappa shape index (κ3) is 1.69. The van der Waals surface area contributed by atoms with Crippen molar-refractivity contribution in [1.29, 1.82) is 5.26 Å². The van der Waals surface area contributed by atoms with Crippen LogP contribution in [-0.2, 0) is 0 Å². The summed E-state index contributed by atoms with van der Waals surface area (Å²) >= 11 is 3.43. The molecule has 0 saturated heterocycles. The van der Waals surface area contributed by atoms with E-state index in [1.165, 1.54) is 0 Å². The van der Waals surface area contributed by atoms with Crippen LogP contribution in [0.15, 0.2) is 34.8 Å². The number of nitriles is 1. The number of methoxy groups -OCH3 is 1. The van der Waals surface area contributed by atoms with Gasteiger partial charge >= 0.3 is 0 Å². The van der Waals surface area contributed by atoms with Crippen LogP contribution < -0.4 is 4.74 Å². The molecular weight excluding hydrogens is 254 g/mol. The van der Waals surface area contributed by atoms with E-state index in [1.54, 1.807) is 13.2 Å². The fourth-order valence-electron chi connectivity index (χ4n) is 1.48. The molecule has 0 radical (unpaired) electrons. The lowest BCUT2D eigenvalue weighted by Gasteiger charge is -2.05. The molecule has 0 fully saturated rings. The molecule has 0 saturated carbocycles. The van der Waals surface area contributed by atoms with E-state index in [9.17, 15) is 0 Å². The number of halogens is 1. The molecule has 0 aliphatic heterocycles. The highest BCUT2D eigenvalue weighted by atomic mass is 79.9. The van der Waals surface area contributed by atoms with Gasteiger partial charge in [-0.3, -0.25) is 0 Å². The van der Waals surface area contributed by atoms with Crippen molar-refractivity contribution >= 4 is 26.7 Å². The largest absolute Gasteiger partial charge is 0.497 e. The second kappa shape index (κ2) is 3.92. The number of ether oxygens (including phenoxy) is 1. The summed E-state index contributed by atoms with van der Waals surface area (Å²) in [5, 5.41) is 11.0. The Morgan fingerprint density at radius 3 is 2.73 bits per heavy atom. The summed E-state index contributed by atoms with van der Waals surface area (Å²) in [5.74, 6) is 0.819. The molecule has 15 heavy (non-hydrogen) atoms. The van der Waals surface area contributed by atoms with Gasteiger partial charge in [0.15, 0.2) is 0 Å². The molecule has 0 aliphatic carbocycles. The lowest BCUT2D eigenvalue weighted by molar-refractivity contribution is 0.415. The highest BCUT2D eigenvalue weighted by Crippen LogP contribution is 2.29. The highest BCUT2D eigenvalue weighted by molar-refractivity contribution is 9.10. The number of benzene rings is 2. The zero-order valence-corrected chi connectivity index (χ0v) is 9.71. The van der Waals surface area contributed by atoms with Crippen LogP contribution in [0.2, 0.25) is 0 Å². The molecule has 0 aromatic heterocycles. The molecule has 2 aromatic rings. The molecule has 0 aliphatic rings. The highest BCUT2D eigenvalue weighted by Gasteiger charge is 2.04. The number of rotatable bonds is 1. The lowest BCUT2D eigenvalue weighted by Crippen LogP contribution is -1.84. The van der Waals surface area contributed by atoms with Crippen molar-refractivity contribution in [3.8, 4) is 11.8 Å². The summed E-state index contributed by atoms with van der Waals surface area (Å²) in [5.41, 5.74) is 0.646. The van der Waals surface area contributed by atoms with Gasteiger partial charge in [0.1, 0.15) is 11.8 Å². The summed E-state index contributed by atoms with van der Waals surface area (Å²) in [7, 11) is 1.64. The van der Waals surface area contributed by atoms with Crippen molar-refractivity contribution in [2.45, 2.75) is 0 Å². The first kappa shape index (κ1) is 10.0. The number of hydrogen-bond acceptors (Lipinski definition) is 2. The number of nitrogens with zero attached hydrogens (tertiary/aromatic N) is 1. The van der Waals surface area contributed by atoms with Crippen molar-refractivity contribution in [3.05, 3.63) is 40.4 Å². The van der Waals surface area contributed by atoms with E-state index >= 15 is 0 Å². The summed E-state index contributed by atoms with van der Waals surface area (Å²) in [6.45, 7) is 0. The van der Waals surface area contributed by atoms with E-state index in [2.05, 4.69) is 22.0 Å². The van der Waals surface area contributed by atoms with Crippen LogP contribution in [0.5, 0.6) is 5.75 Å². The smallest absolute Gasteiger partial charge is 0.119 e. The monoisotopic (exact) mass is 261 g/mol. The Morgan fingerprint density at radius 1 is 1.27 bits per heavy atom. The average molecular weight is 262 g/mol. The second-order valence-corrected chi connectivity index (χ2v) is 3.92. The van der Waals surface area contributed by atoms with Crippen LogP contribution in [-0.4, -0.2) is 7.11 Å². The summed E-state index contributed by atoms with van der Waals surface area (Å²) in [6, 6.07) is 11.6. The maximum atomic E-state index is 8.87. The van der Waals surface area contributed by atoms with Gasteiger partial charge in [-0.05, 0) is 51.0 Å². The third-order valence-corrected chi connectivity index (χ3v) is 3.14. The van der Waals surface area contributed by atoms with Crippen LogP contribution >= 0.6 is 15.9 Å². The van der Waals surface area contributed by atoms with Gasteiger partial charge in [0.2, 0.25) is 0 Å². The van der Waals surface area contributed by atoms with Gasteiger partial charge in [0, 0.05) is 4.47 Å². The number of fused-ring (bicyclic) bond motifs is 1. The van der Waals surface area contributed by atoms with Gasteiger partial charge in [-0.15, -0.1) is 0 Å². The zero-order chi connectivity index (χ0) is 10.8. The zero-order valence-electron chi connectivity index (χ0n) is 8.12. The number of hydrogen-bond donors (Lipinski definition) is 0. The Balaban J connectivity index is 2.75. The Bertz CT molecular complexity index is 557. The van der Waals surface area contributed by atoms with E-state index in [-0.39, 0.29) is 0 Å². The Kier molecular flexibility index (Phi) is 2.61. The lowest BCUT2D eigenvalue weighted by atomic mass is 10.1. The second-order valence-electron chi connectivity index (χ2n) is 3.13. The van der Waals surface area contributed by atoms with E-state index in [1.807, 2.05) is 24.3 Å². The SMILES string of the molecule is COc1ccc2c(Br)c(C#N)ccc2c1. The topological polar surface area (TPSA) is 33.0 Å². The van der Waals surface area contributed by atoms with Crippen molar-refractivity contribution < 1.29 is 4.74 Å². The van der Waals surface area contributed by atoms with Crippen molar-refractivity contribution in [3.63, 3.8) is 0 Å². The molecule has 0 heterocycles. The van der Waals surface area contributed by atoms with Crippen molar-refractivity contribution in [1.82, 2.24) is 0 Å². The first-order chi connectivity index (χ1) is 7.26. The molecule has 0 unspecified atom stereocenters. The fourth-order valence-corrected chi connectivity index (χ4v) is 2.07. The van der Waals surface area contributed by atoms with Crippen LogP contribution in [0.1, 0.15) is 5.56 Å². The third-order valence-electron chi connectivity index (χ3n) is 2.28. The minimum Gasteiger partial charge on any atom is -0.497 e. The van der Waals surface area contributed by atoms with Crippen LogP contribution in [0, 0.1) is 11.3 Å².